The highest BCUT2D eigenvalue weighted by Crippen LogP contribution is 2.30. The molecule has 96 valence electrons. The van der Waals surface area contributed by atoms with Crippen molar-refractivity contribution in [3.05, 3.63) is 40.5 Å². The average molecular weight is 310 g/mol. The Balaban J connectivity index is 2.39. The maximum absolute atomic E-state index is 5.98. The summed E-state index contributed by atoms with van der Waals surface area (Å²) >= 11 is 3.37. The number of ether oxygens (including phenoxy) is 1. The third-order valence-corrected chi connectivity index (χ3v) is 3.43. The van der Waals surface area contributed by atoms with Crippen LogP contribution in [-0.4, -0.2) is 16.4 Å². The molecule has 4 nitrogen and oxygen atoms in total. The van der Waals surface area contributed by atoms with Crippen molar-refractivity contribution < 1.29 is 4.74 Å². The molecular formula is C13H16BrN3O. The number of nitrogens with two attached hydrogens (primary N) is 1. The lowest BCUT2D eigenvalue weighted by atomic mass is 10.1. The van der Waals surface area contributed by atoms with Gasteiger partial charge in [-0.2, -0.15) is 5.10 Å². The normalized spacial score (nSPS) is 12.4. The number of hydrogen-bond acceptors (Lipinski definition) is 3. The smallest absolute Gasteiger partial charge is 0.136 e. The lowest BCUT2D eigenvalue weighted by Crippen LogP contribution is -2.12. The van der Waals surface area contributed by atoms with Gasteiger partial charge in [-0.15, -0.1) is 0 Å². The fraction of sp³-hybridized carbons (Fsp3) is 0.308. The van der Waals surface area contributed by atoms with Crippen LogP contribution in [-0.2, 0) is 0 Å². The van der Waals surface area contributed by atoms with Gasteiger partial charge in [0.1, 0.15) is 11.6 Å². The fourth-order valence-electron chi connectivity index (χ4n) is 1.90. The predicted octanol–water partition coefficient (Wildman–Crippen LogP) is 3.24. The first kappa shape index (κ1) is 13.0. The monoisotopic (exact) mass is 309 g/mol. The van der Waals surface area contributed by atoms with E-state index in [2.05, 4.69) is 21.0 Å². The molecule has 0 aliphatic heterocycles. The summed E-state index contributed by atoms with van der Waals surface area (Å²) in [6.45, 7) is 4.66. The van der Waals surface area contributed by atoms with E-state index >= 15 is 0 Å². The molecule has 1 unspecified atom stereocenters. The van der Waals surface area contributed by atoms with Gasteiger partial charge < -0.3 is 10.5 Å². The quantitative estimate of drug-likeness (QED) is 0.943. The minimum absolute atomic E-state index is 0.0269. The molecule has 0 aliphatic carbocycles. The van der Waals surface area contributed by atoms with Crippen LogP contribution in [0.2, 0.25) is 0 Å². The van der Waals surface area contributed by atoms with Crippen LogP contribution in [0.5, 0.6) is 5.75 Å². The lowest BCUT2D eigenvalue weighted by molar-refractivity contribution is 0.332. The van der Waals surface area contributed by atoms with Gasteiger partial charge in [0.25, 0.3) is 0 Å². The Kier molecular flexibility index (Phi) is 3.91. The summed E-state index contributed by atoms with van der Waals surface area (Å²) in [5.74, 6) is 1.49. The van der Waals surface area contributed by atoms with Gasteiger partial charge in [0, 0.05) is 5.56 Å². The van der Waals surface area contributed by atoms with Crippen LogP contribution >= 0.6 is 15.9 Å². The molecule has 18 heavy (non-hydrogen) atoms. The zero-order valence-corrected chi connectivity index (χ0v) is 12.0. The zero-order valence-electron chi connectivity index (χ0n) is 10.4. The maximum atomic E-state index is 5.98. The van der Waals surface area contributed by atoms with Crippen LogP contribution < -0.4 is 10.5 Å². The first-order chi connectivity index (χ1) is 8.65. The Morgan fingerprint density at radius 1 is 1.44 bits per heavy atom. The van der Waals surface area contributed by atoms with Crippen molar-refractivity contribution >= 4 is 21.7 Å². The highest BCUT2D eigenvalue weighted by molar-refractivity contribution is 9.10. The number of nitrogens with zero attached hydrogens (tertiary/aromatic N) is 2. The van der Waals surface area contributed by atoms with Gasteiger partial charge in [0.05, 0.1) is 23.3 Å². The van der Waals surface area contributed by atoms with Crippen molar-refractivity contribution in [3.8, 4) is 5.75 Å². The number of halogens is 1. The Labute approximate surface area is 115 Å². The summed E-state index contributed by atoms with van der Waals surface area (Å²) in [6.07, 6.45) is 1.70. The van der Waals surface area contributed by atoms with Crippen LogP contribution in [0.4, 0.5) is 5.82 Å². The molecular weight excluding hydrogens is 294 g/mol. The van der Waals surface area contributed by atoms with Crippen molar-refractivity contribution in [1.82, 2.24) is 9.78 Å². The van der Waals surface area contributed by atoms with Crippen LogP contribution in [0.15, 0.2) is 34.9 Å². The van der Waals surface area contributed by atoms with Gasteiger partial charge in [0.2, 0.25) is 0 Å². The third-order valence-electron chi connectivity index (χ3n) is 2.82. The Bertz CT molecular complexity index is 539. The van der Waals surface area contributed by atoms with Crippen LogP contribution in [0, 0.1) is 0 Å². The second-order valence-corrected chi connectivity index (χ2v) is 4.82. The van der Waals surface area contributed by atoms with Crippen molar-refractivity contribution in [2.75, 3.05) is 12.3 Å². The van der Waals surface area contributed by atoms with E-state index in [1.807, 2.05) is 38.1 Å². The molecule has 0 spiro atoms. The number of para-hydroxylation sites is 1. The Morgan fingerprint density at radius 2 is 2.17 bits per heavy atom. The largest absolute Gasteiger partial charge is 0.494 e. The van der Waals surface area contributed by atoms with E-state index in [1.165, 1.54) is 0 Å². The Hall–Kier alpha value is -1.49. The second-order valence-electron chi connectivity index (χ2n) is 3.97. The van der Waals surface area contributed by atoms with Gasteiger partial charge in [-0.25, -0.2) is 4.68 Å². The summed E-state index contributed by atoms with van der Waals surface area (Å²) in [5, 5.41) is 4.28. The molecule has 0 radical (unpaired) electrons. The summed E-state index contributed by atoms with van der Waals surface area (Å²) in [7, 11) is 0. The summed E-state index contributed by atoms with van der Waals surface area (Å²) in [5.41, 5.74) is 7.05. The molecule has 0 saturated carbocycles. The molecule has 0 saturated heterocycles. The van der Waals surface area contributed by atoms with E-state index < -0.39 is 0 Å². The molecule has 5 heteroatoms. The average Bonchev–Trinajstić information content (AvgIpc) is 2.70. The van der Waals surface area contributed by atoms with Crippen molar-refractivity contribution in [2.45, 2.75) is 19.9 Å². The van der Waals surface area contributed by atoms with Crippen molar-refractivity contribution in [3.63, 3.8) is 0 Å². The zero-order chi connectivity index (χ0) is 13.1. The van der Waals surface area contributed by atoms with Crippen LogP contribution in [0.1, 0.15) is 25.5 Å². The topological polar surface area (TPSA) is 53.1 Å². The minimum Gasteiger partial charge on any atom is -0.494 e. The van der Waals surface area contributed by atoms with E-state index in [4.69, 9.17) is 10.5 Å². The van der Waals surface area contributed by atoms with Crippen molar-refractivity contribution in [2.24, 2.45) is 0 Å². The van der Waals surface area contributed by atoms with Crippen LogP contribution in [0.25, 0.3) is 0 Å². The molecule has 2 aromatic rings. The van der Waals surface area contributed by atoms with E-state index in [-0.39, 0.29) is 6.04 Å². The van der Waals surface area contributed by atoms with Gasteiger partial charge >= 0.3 is 0 Å². The molecule has 1 atom stereocenters. The molecule has 2 N–H and O–H groups in total. The first-order valence-corrected chi connectivity index (χ1v) is 6.64. The number of anilines is 1. The number of rotatable bonds is 4. The Morgan fingerprint density at radius 3 is 2.78 bits per heavy atom. The third kappa shape index (κ3) is 2.36. The molecule has 0 amide bonds. The summed E-state index contributed by atoms with van der Waals surface area (Å²) in [4.78, 5) is 0. The highest BCUT2D eigenvalue weighted by atomic mass is 79.9. The standard InChI is InChI=1S/C13H16BrN3O/c1-3-18-12-7-5-4-6-10(12)9(2)17-13(15)11(14)8-16-17/h4-9H,3,15H2,1-2H3. The van der Waals surface area contributed by atoms with Crippen molar-refractivity contribution in [1.29, 1.82) is 0 Å². The predicted molar refractivity (Wildman–Crippen MR) is 75.8 cm³/mol. The van der Waals surface area contributed by atoms with E-state index in [1.54, 1.807) is 10.9 Å². The van der Waals surface area contributed by atoms with E-state index in [9.17, 15) is 0 Å². The highest BCUT2D eigenvalue weighted by Gasteiger charge is 2.16. The first-order valence-electron chi connectivity index (χ1n) is 5.85. The summed E-state index contributed by atoms with van der Waals surface area (Å²) in [6, 6.07) is 7.97. The fourth-order valence-corrected chi connectivity index (χ4v) is 2.18. The SMILES string of the molecule is CCOc1ccccc1C(C)n1ncc(Br)c1N. The molecule has 0 aliphatic rings. The van der Waals surface area contributed by atoms with Gasteiger partial charge in [-0.05, 0) is 35.8 Å². The molecule has 0 fully saturated rings. The van der Waals surface area contributed by atoms with E-state index in [0.717, 1.165) is 15.8 Å². The van der Waals surface area contributed by atoms with Gasteiger partial charge in [-0.3, -0.25) is 0 Å². The molecule has 1 aromatic heterocycles. The maximum Gasteiger partial charge on any atom is 0.136 e. The van der Waals surface area contributed by atoms with E-state index in [0.29, 0.717) is 12.4 Å². The number of aromatic nitrogens is 2. The molecule has 1 aromatic carbocycles. The minimum atomic E-state index is 0.0269. The molecule has 1 heterocycles. The molecule has 2 rings (SSSR count). The summed E-state index contributed by atoms with van der Waals surface area (Å²) < 4.78 is 8.22. The lowest BCUT2D eigenvalue weighted by Gasteiger charge is -2.18. The number of nitrogen functional groups attached to an aromatic ring is 1. The van der Waals surface area contributed by atoms with Gasteiger partial charge in [-0.1, -0.05) is 18.2 Å². The number of hydrogen-bond donors (Lipinski definition) is 1. The second kappa shape index (κ2) is 5.44. The van der Waals surface area contributed by atoms with Crippen LogP contribution in [0.3, 0.4) is 0 Å². The molecule has 0 bridgehead atoms. The number of benzene rings is 1. The van der Waals surface area contributed by atoms with Gasteiger partial charge in [0.15, 0.2) is 0 Å².